The highest BCUT2D eigenvalue weighted by Crippen LogP contribution is 2.26. The van der Waals surface area contributed by atoms with Crippen molar-refractivity contribution in [1.82, 2.24) is 14.7 Å². The number of rotatable bonds is 7. The van der Waals surface area contributed by atoms with Gasteiger partial charge in [0, 0.05) is 11.8 Å². The van der Waals surface area contributed by atoms with Gasteiger partial charge in [0.1, 0.15) is 5.82 Å². The van der Waals surface area contributed by atoms with Crippen LogP contribution in [0.5, 0.6) is 0 Å². The molecule has 0 spiro atoms. The molecule has 0 aliphatic rings. The molecule has 2 rings (SSSR count). The Kier molecular flexibility index (Phi) is 6.21. The van der Waals surface area contributed by atoms with Crippen LogP contribution in [-0.4, -0.2) is 22.2 Å². The molecule has 0 saturated carbocycles. The molecular weight excluding hydrogens is 298 g/mol. The zero-order valence-corrected chi connectivity index (χ0v) is 14.7. The van der Waals surface area contributed by atoms with Gasteiger partial charge in [-0.3, -0.25) is 0 Å². The van der Waals surface area contributed by atoms with Crippen LogP contribution in [0.3, 0.4) is 0 Å². The van der Waals surface area contributed by atoms with E-state index in [2.05, 4.69) is 52.8 Å². The molecule has 1 atom stereocenters. The van der Waals surface area contributed by atoms with E-state index in [0.717, 1.165) is 22.3 Å². The normalized spacial score (nSPS) is 12.8. The van der Waals surface area contributed by atoms with Crippen molar-refractivity contribution >= 4 is 23.3 Å². The molecule has 1 aromatic heterocycles. The highest BCUT2D eigenvalue weighted by Gasteiger charge is 2.11. The van der Waals surface area contributed by atoms with Crippen LogP contribution in [-0.2, 0) is 6.42 Å². The Labute approximate surface area is 135 Å². The highest BCUT2D eigenvalue weighted by atomic mass is 32.2. The quantitative estimate of drug-likeness (QED) is 0.779. The lowest BCUT2D eigenvalue weighted by molar-refractivity contribution is 0.643. The van der Waals surface area contributed by atoms with Gasteiger partial charge in [-0.1, -0.05) is 49.9 Å². The fraction of sp³-hybridized carbons (Fsp3) is 0.500. The summed E-state index contributed by atoms with van der Waals surface area (Å²) >= 11 is 3.25. The number of aromatic nitrogens is 2. The summed E-state index contributed by atoms with van der Waals surface area (Å²) in [5.41, 5.74) is 2.75. The molecule has 1 heterocycles. The minimum Gasteiger partial charge on any atom is -0.312 e. The largest absolute Gasteiger partial charge is 0.312 e. The van der Waals surface area contributed by atoms with Gasteiger partial charge in [-0.25, -0.2) is 4.98 Å². The molecule has 114 valence electrons. The van der Waals surface area contributed by atoms with E-state index in [1.54, 1.807) is 11.8 Å². The van der Waals surface area contributed by atoms with Crippen molar-refractivity contribution in [3.8, 4) is 0 Å². The van der Waals surface area contributed by atoms with Gasteiger partial charge in [0.25, 0.3) is 0 Å². The zero-order chi connectivity index (χ0) is 15.2. The van der Waals surface area contributed by atoms with Crippen LogP contribution in [0.4, 0.5) is 0 Å². The van der Waals surface area contributed by atoms with Gasteiger partial charge in [-0.15, -0.1) is 0 Å². The second-order valence-electron chi connectivity index (χ2n) is 5.60. The van der Waals surface area contributed by atoms with Gasteiger partial charge >= 0.3 is 0 Å². The monoisotopic (exact) mass is 321 g/mol. The van der Waals surface area contributed by atoms with Crippen molar-refractivity contribution in [1.29, 1.82) is 0 Å². The molecule has 0 aliphatic carbocycles. The lowest BCUT2D eigenvalue weighted by Crippen LogP contribution is -2.18. The number of nitrogens with zero attached hydrogens (tertiary/aromatic N) is 2. The maximum atomic E-state index is 4.40. The molecule has 0 saturated heterocycles. The van der Waals surface area contributed by atoms with E-state index in [-0.39, 0.29) is 0 Å². The predicted octanol–water partition coefficient (Wildman–Crippen LogP) is 4.10. The third-order valence-electron chi connectivity index (χ3n) is 3.26. The number of aryl methyl sites for hydroxylation is 1. The first-order chi connectivity index (χ1) is 10.1. The molecule has 0 radical (unpaired) electrons. The molecule has 0 fully saturated rings. The third kappa shape index (κ3) is 5.09. The van der Waals surface area contributed by atoms with Crippen molar-refractivity contribution < 1.29 is 0 Å². The Hall–Kier alpha value is -0.910. The summed E-state index contributed by atoms with van der Waals surface area (Å²) in [4.78, 5) is 4.40. The summed E-state index contributed by atoms with van der Waals surface area (Å²) in [6, 6.07) is 9.32. The SMILES string of the molecule is CNC(CSc1nc(C)ns1)c1ccc(CC(C)C)cc1. The van der Waals surface area contributed by atoms with Gasteiger partial charge in [0.05, 0.1) is 0 Å². The first-order valence-corrected chi connectivity index (χ1v) is 9.03. The Balaban J connectivity index is 1.96. The third-order valence-corrected chi connectivity index (χ3v) is 5.28. The van der Waals surface area contributed by atoms with E-state index in [1.165, 1.54) is 22.7 Å². The maximum Gasteiger partial charge on any atom is 0.170 e. The van der Waals surface area contributed by atoms with E-state index in [9.17, 15) is 0 Å². The van der Waals surface area contributed by atoms with E-state index < -0.39 is 0 Å². The fourth-order valence-corrected chi connectivity index (χ4v) is 4.01. The average Bonchev–Trinajstić information content (AvgIpc) is 2.86. The molecule has 1 unspecified atom stereocenters. The van der Waals surface area contributed by atoms with Crippen molar-refractivity contribution in [3.63, 3.8) is 0 Å². The van der Waals surface area contributed by atoms with Crippen LogP contribution in [0.25, 0.3) is 0 Å². The minimum absolute atomic E-state index is 0.340. The minimum atomic E-state index is 0.340. The second-order valence-corrected chi connectivity index (χ2v) is 7.62. The molecule has 0 bridgehead atoms. The smallest absolute Gasteiger partial charge is 0.170 e. The van der Waals surface area contributed by atoms with E-state index >= 15 is 0 Å². The number of benzene rings is 1. The topological polar surface area (TPSA) is 37.8 Å². The maximum absolute atomic E-state index is 4.40. The lowest BCUT2D eigenvalue weighted by Gasteiger charge is -2.16. The molecule has 0 aliphatic heterocycles. The Morgan fingerprint density at radius 1 is 1.24 bits per heavy atom. The lowest BCUT2D eigenvalue weighted by atomic mass is 10.00. The van der Waals surface area contributed by atoms with Crippen LogP contribution >= 0.6 is 23.3 Å². The van der Waals surface area contributed by atoms with Crippen molar-refractivity contribution in [2.24, 2.45) is 5.92 Å². The van der Waals surface area contributed by atoms with Crippen LogP contribution < -0.4 is 5.32 Å². The molecular formula is C16H23N3S2. The molecule has 1 N–H and O–H groups in total. The molecule has 2 aromatic rings. The van der Waals surface area contributed by atoms with E-state index in [4.69, 9.17) is 0 Å². The molecule has 3 nitrogen and oxygen atoms in total. The fourth-order valence-electron chi connectivity index (χ4n) is 2.19. The first-order valence-electron chi connectivity index (χ1n) is 7.27. The van der Waals surface area contributed by atoms with Crippen molar-refractivity contribution in [2.75, 3.05) is 12.8 Å². The molecule has 1 aromatic carbocycles. The van der Waals surface area contributed by atoms with Gasteiger partial charge in [-0.05, 0) is 49.0 Å². The Morgan fingerprint density at radius 2 is 1.95 bits per heavy atom. The summed E-state index contributed by atoms with van der Waals surface area (Å²) in [6.07, 6.45) is 1.14. The average molecular weight is 322 g/mol. The standard InChI is InChI=1S/C16H23N3S2/c1-11(2)9-13-5-7-14(8-6-13)15(17-4)10-20-16-18-12(3)19-21-16/h5-8,11,15,17H,9-10H2,1-4H3. The van der Waals surface area contributed by atoms with Gasteiger partial charge in [-0.2, -0.15) is 4.37 Å². The number of thioether (sulfide) groups is 1. The summed E-state index contributed by atoms with van der Waals surface area (Å²) < 4.78 is 5.27. The predicted molar refractivity (Wildman–Crippen MR) is 92.2 cm³/mol. The van der Waals surface area contributed by atoms with Crippen LogP contribution in [0.2, 0.25) is 0 Å². The summed E-state index contributed by atoms with van der Waals surface area (Å²) in [5, 5.41) is 3.39. The van der Waals surface area contributed by atoms with Gasteiger partial charge in [0.15, 0.2) is 4.34 Å². The Bertz CT molecular complexity index is 549. The van der Waals surface area contributed by atoms with Gasteiger partial charge in [0.2, 0.25) is 0 Å². The van der Waals surface area contributed by atoms with Crippen LogP contribution in [0.1, 0.15) is 36.8 Å². The summed E-state index contributed by atoms with van der Waals surface area (Å²) in [6.45, 7) is 6.44. The summed E-state index contributed by atoms with van der Waals surface area (Å²) in [7, 11) is 2.01. The molecule has 5 heteroatoms. The zero-order valence-electron chi connectivity index (χ0n) is 13.1. The summed E-state index contributed by atoms with van der Waals surface area (Å²) in [5.74, 6) is 2.53. The number of hydrogen-bond acceptors (Lipinski definition) is 5. The van der Waals surface area contributed by atoms with Crippen molar-refractivity contribution in [3.05, 3.63) is 41.2 Å². The van der Waals surface area contributed by atoms with Crippen LogP contribution in [0.15, 0.2) is 28.6 Å². The number of hydrogen-bond donors (Lipinski definition) is 1. The molecule has 0 amide bonds. The number of nitrogens with one attached hydrogen (secondary N) is 1. The first kappa shape index (κ1) is 16.5. The van der Waals surface area contributed by atoms with E-state index in [1.807, 2.05) is 14.0 Å². The molecule has 21 heavy (non-hydrogen) atoms. The Morgan fingerprint density at radius 3 is 2.48 bits per heavy atom. The van der Waals surface area contributed by atoms with Crippen molar-refractivity contribution in [2.45, 2.75) is 37.6 Å². The van der Waals surface area contributed by atoms with Crippen LogP contribution in [0, 0.1) is 12.8 Å². The van der Waals surface area contributed by atoms with Gasteiger partial charge < -0.3 is 5.32 Å². The highest BCUT2D eigenvalue weighted by molar-refractivity contribution is 8.00. The second kappa shape index (κ2) is 7.92. The van der Waals surface area contributed by atoms with E-state index in [0.29, 0.717) is 12.0 Å².